The Morgan fingerprint density at radius 2 is 1.34 bits per heavy atom. The summed E-state index contributed by atoms with van der Waals surface area (Å²) in [4.78, 5) is 15.0. The molecule has 47 heavy (non-hydrogen) atoms. The molecule has 0 unspecified atom stereocenters. The van der Waals surface area contributed by atoms with Gasteiger partial charge in [0.25, 0.3) is 0 Å². The molecule has 2 heterocycles. The van der Waals surface area contributed by atoms with Crippen molar-refractivity contribution in [1.29, 1.82) is 0 Å². The number of hydrogen-bond donors (Lipinski definition) is 3. The topological polar surface area (TPSA) is 83.1 Å². The number of amides is 2. The fourth-order valence-electron chi connectivity index (χ4n) is 6.57. The highest BCUT2D eigenvalue weighted by Crippen LogP contribution is 2.39. The van der Waals surface area contributed by atoms with Gasteiger partial charge in [-0.1, -0.05) is 110 Å². The molecule has 0 bridgehead atoms. The fourth-order valence-corrected chi connectivity index (χ4v) is 6.57. The molecule has 2 aliphatic heterocycles. The monoisotopic (exact) mass is 633 g/mol. The first-order valence-electron chi connectivity index (χ1n) is 17.1. The largest absolute Gasteiger partial charge is 0.392 e. The van der Waals surface area contributed by atoms with Crippen LogP contribution in [-0.4, -0.2) is 41.8 Å². The Hall–Kier alpha value is -4.01. The van der Waals surface area contributed by atoms with Crippen molar-refractivity contribution in [3.8, 4) is 11.1 Å². The molecule has 0 aliphatic carbocycles. The third-order valence-corrected chi connectivity index (χ3v) is 9.19. The van der Waals surface area contributed by atoms with Crippen LogP contribution in [0.15, 0.2) is 103 Å². The van der Waals surface area contributed by atoms with Crippen molar-refractivity contribution >= 4 is 6.03 Å². The molecule has 3 atom stereocenters. The van der Waals surface area contributed by atoms with E-state index in [0.717, 1.165) is 65.0 Å². The highest BCUT2D eigenvalue weighted by molar-refractivity contribution is 5.74. The van der Waals surface area contributed by atoms with Crippen molar-refractivity contribution in [2.24, 2.45) is 0 Å². The molecular formula is C40H47N3O4. The van der Waals surface area contributed by atoms with Gasteiger partial charge in [-0.25, -0.2) is 4.79 Å². The number of hydrogen-bond acceptors (Lipinski definition) is 5. The zero-order valence-corrected chi connectivity index (χ0v) is 27.2. The molecule has 2 aliphatic rings. The molecule has 7 nitrogen and oxygen atoms in total. The summed E-state index contributed by atoms with van der Waals surface area (Å²) in [6.45, 7) is 4.09. The Morgan fingerprint density at radius 3 is 2.09 bits per heavy atom. The average Bonchev–Trinajstić information content (AvgIpc) is 3.11. The van der Waals surface area contributed by atoms with Gasteiger partial charge in [0.1, 0.15) is 0 Å². The van der Waals surface area contributed by atoms with E-state index in [4.69, 9.17) is 9.47 Å². The number of nitrogens with zero attached hydrogens (tertiary/aromatic N) is 1. The lowest BCUT2D eigenvalue weighted by Crippen LogP contribution is -2.40. The Morgan fingerprint density at radius 1 is 0.681 bits per heavy atom. The molecule has 0 aromatic heterocycles. The van der Waals surface area contributed by atoms with Crippen LogP contribution in [0.5, 0.6) is 0 Å². The number of nitrogens with one attached hydrogen (secondary N) is 2. The summed E-state index contributed by atoms with van der Waals surface area (Å²) in [6.07, 6.45) is 6.67. The molecule has 4 aromatic carbocycles. The van der Waals surface area contributed by atoms with Crippen molar-refractivity contribution in [3.63, 3.8) is 0 Å². The highest BCUT2D eigenvalue weighted by atomic mass is 16.7. The van der Waals surface area contributed by atoms with Crippen LogP contribution >= 0.6 is 0 Å². The van der Waals surface area contributed by atoms with Crippen LogP contribution in [0.3, 0.4) is 0 Å². The summed E-state index contributed by atoms with van der Waals surface area (Å²) < 4.78 is 13.4. The first kappa shape index (κ1) is 32.9. The number of carbonyl (C=O) groups excluding carboxylic acids is 1. The standard InChI is InChI=1S/C40H47N3O4/c44-29-31-17-19-33(20-18-31)38-25-37(28-43-21-7-2-1-3-8-22-43)46-39(47-38)36-16-10-15-35(24-36)34-14-9-13-32(23-34)27-42-40(45)41-26-30-11-5-4-6-12-30/h4-6,9-20,23-24,37-39,44H,1-3,7-8,21-22,25-29H2,(H2,41,42,45)/t37-,38+,39+/m1/s1. The molecule has 0 spiro atoms. The summed E-state index contributed by atoms with van der Waals surface area (Å²) >= 11 is 0. The number of aliphatic hydroxyl groups excluding tert-OH is 1. The van der Waals surface area contributed by atoms with Crippen molar-refractivity contribution in [2.45, 2.75) is 76.7 Å². The number of carbonyl (C=O) groups is 1. The second-order valence-electron chi connectivity index (χ2n) is 12.8. The van der Waals surface area contributed by atoms with Gasteiger partial charge in [0, 0.05) is 31.6 Å². The third kappa shape index (κ3) is 9.52. The highest BCUT2D eigenvalue weighted by Gasteiger charge is 2.33. The Kier molecular flexibility index (Phi) is 11.7. The van der Waals surface area contributed by atoms with Crippen LogP contribution in [0, 0.1) is 0 Å². The minimum atomic E-state index is -0.496. The van der Waals surface area contributed by atoms with Crippen molar-refractivity contribution < 1.29 is 19.4 Å². The molecule has 2 amide bonds. The van der Waals surface area contributed by atoms with Gasteiger partial charge in [-0.15, -0.1) is 0 Å². The van der Waals surface area contributed by atoms with E-state index < -0.39 is 6.29 Å². The van der Waals surface area contributed by atoms with Crippen LogP contribution in [-0.2, 0) is 29.2 Å². The minimum Gasteiger partial charge on any atom is -0.392 e. The molecule has 3 N–H and O–H groups in total. The van der Waals surface area contributed by atoms with E-state index in [1.165, 1.54) is 32.1 Å². The maximum Gasteiger partial charge on any atom is 0.315 e. The molecule has 2 saturated heterocycles. The van der Waals surface area contributed by atoms with E-state index in [1.54, 1.807) is 0 Å². The van der Waals surface area contributed by atoms with Crippen molar-refractivity contribution in [1.82, 2.24) is 15.5 Å². The molecule has 0 saturated carbocycles. The molecule has 4 aromatic rings. The van der Waals surface area contributed by atoms with Gasteiger partial charge in [0.2, 0.25) is 0 Å². The average molecular weight is 634 g/mol. The van der Waals surface area contributed by atoms with Gasteiger partial charge in [0.15, 0.2) is 6.29 Å². The van der Waals surface area contributed by atoms with E-state index >= 15 is 0 Å². The zero-order valence-electron chi connectivity index (χ0n) is 27.2. The van der Waals surface area contributed by atoms with Crippen LogP contribution in [0.4, 0.5) is 4.79 Å². The normalized spacial score (nSPS) is 20.6. The number of urea groups is 1. The molecule has 7 heteroatoms. The predicted molar refractivity (Wildman–Crippen MR) is 185 cm³/mol. The second-order valence-corrected chi connectivity index (χ2v) is 12.8. The van der Waals surface area contributed by atoms with E-state index in [1.807, 2.05) is 54.6 Å². The van der Waals surface area contributed by atoms with Crippen LogP contribution < -0.4 is 10.6 Å². The summed E-state index contributed by atoms with van der Waals surface area (Å²) in [5, 5.41) is 15.5. The number of likely N-dealkylation sites (tertiary alicyclic amines) is 1. The van der Waals surface area contributed by atoms with Gasteiger partial charge < -0.3 is 30.1 Å². The molecule has 246 valence electrons. The summed E-state index contributed by atoms with van der Waals surface area (Å²) in [6, 6.07) is 34.5. The molecular weight excluding hydrogens is 586 g/mol. The summed E-state index contributed by atoms with van der Waals surface area (Å²) in [5.74, 6) is 0. The van der Waals surface area contributed by atoms with E-state index in [-0.39, 0.29) is 24.8 Å². The van der Waals surface area contributed by atoms with Crippen LogP contribution in [0.2, 0.25) is 0 Å². The summed E-state index contributed by atoms with van der Waals surface area (Å²) in [7, 11) is 0. The van der Waals surface area contributed by atoms with Crippen molar-refractivity contribution in [3.05, 3.63) is 131 Å². The molecule has 6 rings (SSSR count). The van der Waals surface area contributed by atoms with Gasteiger partial charge in [0.05, 0.1) is 18.8 Å². The van der Waals surface area contributed by atoms with Gasteiger partial charge in [-0.05, 0) is 71.4 Å². The molecule has 2 fully saturated rings. The SMILES string of the molecule is O=C(NCc1ccccc1)NCc1cccc(-c2cccc([C@H]3O[C@@H](CN4CCCCCCC4)C[C@@H](c4ccc(CO)cc4)O3)c2)c1. The number of rotatable bonds is 10. The fraction of sp³-hybridized carbons (Fsp3) is 0.375. The van der Waals surface area contributed by atoms with E-state index in [0.29, 0.717) is 13.1 Å². The quantitative estimate of drug-likeness (QED) is 0.167. The maximum absolute atomic E-state index is 12.4. The third-order valence-electron chi connectivity index (χ3n) is 9.19. The number of aliphatic hydroxyl groups is 1. The van der Waals surface area contributed by atoms with Gasteiger partial charge in [-0.2, -0.15) is 0 Å². The smallest absolute Gasteiger partial charge is 0.315 e. The zero-order chi connectivity index (χ0) is 32.3. The lowest BCUT2D eigenvalue weighted by atomic mass is 9.98. The minimum absolute atomic E-state index is 0.0284. The molecule has 0 radical (unpaired) electrons. The number of benzene rings is 4. The first-order chi connectivity index (χ1) is 23.1. The Balaban J connectivity index is 1.15. The number of ether oxygens (including phenoxy) is 2. The first-order valence-corrected chi connectivity index (χ1v) is 17.1. The Labute approximate surface area is 278 Å². The van der Waals surface area contributed by atoms with Crippen molar-refractivity contribution in [2.75, 3.05) is 19.6 Å². The van der Waals surface area contributed by atoms with Gasteiger partial charge in [-0.3, -0.25) is 0 Å². The second kappa shape index (κ2) is 16.7. The Bertz CT molecular complexity index is 1550. The van der Waals surface area contributed by atoms with Crippen LogP contribution in [0.1, 0.15) is 78.7 Å². The predicted octanol–water partition coefficient (Wildman–Crippen LogP) is 7.66. The lowest BCUT2D eigenvalue weighted by Gasteiger charge is -2.39. The van der Waals surface area contributed by atoms with E-state index in [9.17, 15) is 9.90 Å². The van der Waals surface area contributed by atoms with E-state index in [2.05, 4.69) is 64.1 Å². The summed E-state index contributed by atoms with van der Waals surface area (Å²) in [5.41, 5.74) is 7.21. The lowest BCUT2D eigenvalue weighted by molar-refractivity contribution is -0.253. The van der Waals surface area contributed by atoms with Gasteiger partial charge >= 0.3 is 6.03 Å². The maximum atomic E-state index is 12.4. The van der Waals surface area contributed by atoms with Crippen LogP contribution in [0.25, 0.3) is 11.1 Å².